The minimum atomic E-state index is -0.993. The zero-order valence-electron chi connectivity index (χ0n) is 18.5. The van der Waals surface area contributed by atoms with Crippen molar-refractivity contribution >= 4 is 11.5 Å². The molecule has 1 N–H and O–H groups in total. The lowest BCUT2D eigenvalue weighted by molar-refractivity contribution is 0.0948. The fourth-order valence-electron chi connectivity index (χ4n) is 4.11. The second kappa shape index (κ2) is 9.42. The second-order valence-corrected chi connectivity index (χ2v) is 8.14. The van der Waals surface area contributed by atoms with Crippen LogP contribution in [0.5, 0.6) is 0 Å². The van der Waals surface area contributed by atoms with Gasteiger partial charge < -0.3 is 9.88 Å². The van der Waals surface area contributed by atoms with Gasteiger partial charge in [-0.1, -0.05) is 18.2 Å². The van der Waals surface area contributed by atoms with Crippen molar-refractivity contribution in [1.82, 2.24) is 19.9 Å². The molecule has 174 valence electrons. The zero-order chi connectivity index (χ0) is 24.4. The molecule has 0 radical (unpaired) electrons. The minimum absolute atomic E-state index is 0.00615. The highest BCUT2D eigenvalue weighted by molar-refractivity contribution is 5.93. The average Bonchev–Trinajstić information content (AvgIpc) is 3.30. The number of pyridine rings is 3. The van der Waals surface area contributed by atoms with E-state index in [0.717, 1.165) is 40.9 Å². The molecule has 1 aliphatic rings. The van der Waals surface area contributed by atoms with E-state index < -0.39 is 23.1 Å². The summed E-state index contributed by atoms with van der Waals surface area (Å²) < 4.78 is 28.0. The van der Waals surface area contributed by atoms with E-state index in [1.54, 1.807) is 18.5 Å². The summed E-state index contributed by atoms with van der Waals surface area (Å²) in [5.74, 6) is -2.50. The number of aromatic nitrogens is 3. The van der Waals surface area contributed by atoms with Gasteiger partial charge in [0.05, 0.1) is 24.5 Å². The summed E-state index contributed by atoms with van der Waals surface area (Å²) in [4.78, 5) is 34.3. The van der Waals surface area contributed by atoms with Gasteiger partial charge in [-0.2, -0.15) is 0 Å². The van der Waals surface area contributed by atoms with Crippen molar-refractivity contribution in [2.45, 2.75) is 19.5 Å². The van der Waals surface area contributed by atoms with Gasteiger partial charge in [0.1, 0.15) is 5.56 Å². The van der Waals surface area contributed by atoms with Crippen LogP contribution in [-0.2, 0) is 19.5 Å². The Labute approximate surface area is 199 Å². The molecule has 8 heteroatoms. The van der Waals surface area contributed by atoms with Crippen molar-refractivity contribution in [1.29, 1.82) is 0 Å². The molecule has 3 heterocycles. The highest BCUT2D eigenvalue weighted by Crippen LogP contribution is 2.31. The maximum atomic E-state index is 13.5. The second-order valence-electron chi connectivity index (χ2n) is 8.14. The molecule has 35 heavy (non-hydrogen) atoms. The van der Waals surface area contributed by atoms with Gasteiger partial charge in [-0.3, -0.25) is 19.6 Å². The largest absolute Gasteiger partial charge is 0.346 e. The number of rotatable bonds is 6. The van der Waals surface area contributed by atoms with Crippen molar-refractivity contribution in [3.8, 4) is 0 Å². The SMILES string of the molecule is O=C(NCc1cc(C2=CCc3ncccc32)ccn1)c1cccn(Cc2ccc(F)c(F)c2)c1=O. The molecule has 0 spiro atoms. The van der Waals surface area contributed by atoms with Crippen molar-refractivity contribution < 1.29 is 13.6 Å². The summed E-state index contributed by atoms with van der Waals surface area (Å²) >= 11 is 0. The van der Waals surface area contributed by atoms with Crippen LogP contribution >= 0.6 is 0 Å². The Morgan fingerprint density at radius 2 is 1.89 bits per heavy atom. The summed E-state index contributed by atoms with van der Waals surface area (Å²) in [6, 6.07) is 14.2. The average molecular weight is 470 g/mol. The Morgan fingerprint density at radius 1 is 1.00 bits per heavy atom. The van der Waals surface area contributed by atoms with Crippen LogP contribution in [0, 0.1) is 11.6 Å². The molecular formula is C27H20F2N4O2. The predicted molar refractivity (Wildman–Crippen MR) is 127 cm³/mol. The molecule has 0 saturated heterocycles. The molecule has 0 aliphatic heterocycles. The van der Waals surface area contributed by atoms with Crippen LogP contribution in [0.2, 0.25) is 0 Å². The van der Waals surface area contributed by atoms with E-state index in [9.17, 15) is 18.4 Å². The van der Waals surface area contributed by atoms with Crippen LogP contribution < -0.4 is 10.9 Å². The predicted octanol–water partition coefficient (Wildman–Crippen LogP) is 3.88. The van der Waals surface area contributed by atoms with Gasteiger partial charge in [0.2, 0.25) is 0 Å². The number of carbonyl (C=O) groups is 1. The first-order chi connectivity index (χ1) is 17.0. The van der Waals surface area contributed by atoms with Crippen LogP contribution in [0.3, 0.4) is 0 Å². The molecule has 0 unspecified atom stereocenters. The first kappa shape index (κ1) is 22.3. The maximum Gasteiger partial charge on any atom is 0.263 e. The summed E-state index contributed by atoms with van der Waals surface area (Å²) in [7, 11) is 0. The Balaban J connectivity index is 1.30. The number of hydrogen-bond acceptors (Lipinski definition) is 4. The van der Waals surface area contributed by atoms with Gasteiger partial charge in [0.15, 0.2) is 11.6 Å². The maximum absolute atomic E-state index is 13.5. The number of amides is 1. The van der Waals surface area contributed by atoms with Gasteiger partial charge in [-0.15, -0.1) is 0 Å². The minimum Gasteiger partial charge on any atom is -0.346 e. The molecule has 3 aromatic heterocycles. The number of hydrogen-bond donors (Lipinski definition) is 1. The quantitative estimate of drug-likeness (QED) is 0.464. The summed E-state index contributed by atoms with van der Waals surface area (Å²) in [5.41, 5.74) is 4.63. The van der Waals surface area contributed by atoms with Crippen LogP contribution in [0.1, 0.15) is 38.4 Å². The Bertz CT molecular complexity index is 1530. The standard InChI is InChI=1S/C27H20F2N4O2/c28-23-7-5-17(13-24(23)29)16-33-12-2-4-22(27(33)35)26(34)32-15-19-14-18(9-11-30-19)20-6-8-25-21(20)3-1-10-31-25/h1-7,9-14H,8,15-16H2,(H,32,34). The number of halogens is 2. The molecular weight excluding hydrogens is 450 g/mol. The fraction of sp³-hybridized carbons (Fsp3) is 0.111. The third-order valence-corrected chi connectivity index (χ3v) is 5.84. The molecule has 0 atom stereocenters. The van der Waals surface area contributed by atoms with E-state index in [2.05, 4.69) is 21.4 Å². The summed E-state index contributed by atoms with van der Waals surface area (Å²) in [6.07, 6.45) is 7.84. The molecule has 1 amide bonds. The lowest BCUT2D eigenvalue weighted by Crippen LogP contribution is -2.32. The van der Waals surface area contributed by atoms with Crippen LogP contribution in [0.15, 0.2) is 84.1 Å². The number of nitrogens with one attached hydrogen (secondary N) is 1. The summed E-state index contributed by atoms with van der Waals surface area (Å²) in [6.45, 7) is 0.142. The number of nitrogens with zero attached hydrogens (tertiary/aromatic N) is 3. The van der Waals surface area contributed by atoms with Gasteiger partial charge in [-0.05, 0) is 59.2 Å². The molecule has 0 fully saturated rings. The first-order valence-electron chi connectivity index (χ1n) is 11.0. The monoisotopic (exact) mass is 470 g/mol. The lowest BCUT2D eigenvalue weighted by Gasteiger charge is -2.10. The molecule has 0 bridgehead atoms. The van der Waals surface area contributed by atoms with Crippen molar-refractivity contribution in [3.63, 3.8) is 0 Å². The zero-order valence-corrected chi connectivity index (χ0v) is 18.5. The topological polar surface area (TPSA) is 76.9 Å². The molecule has 5 rings (SSSR count). The first-order valence-corrected chi connectivity index (χ1v) is 11.0. The van der Waals surface area contributed by atoms with Crippen molar-refractivity contribution in [3.05, 3.63) is 135 Å². The van der Waals surface area contributed by atoms with Crippen molar-refractivity contribution in [2.75, 3.05) is 0 Å². The van der Waals surface area contributed by atoms with Crippen LogP contribution in [0.4, 0.5) is 8.78 Å². The normalized spacial score (nSPS) is 12.2. The summed E-state index contributed by atoms with van der Waals surface area (Å²) in [5, 5.41) is 2.74. The number of carbonyl (C=O) groups excluding carboxylic acids is 1. The highest BCUT2D eigenvalue weighted by Gasteiger charge is 2.17. The Hall–Kier alpha value is -4.46. The van der Waals surface area contributed by atoms with E-state index in [1.165, 1.54) is 22.9 Å². The lowest BCUT2D eigenvalue weighted by atomic mass is 10.0. The molecule has 6 nitrogen and oxygen atoms in total. The highest BCUT2D eigenvalue weighted by atomic mass is 19.2. The molecule has 0 saturated carbocycles. The van der Waals surface area contributed by atoms with Gasteiger partial charge in [-0.25, -0.2) is 8.78 Å². The van der Waals surface area contributed by atoms with E-state index in [4.69, 9.17) is 0 Å². The van der Waals surface area contributed by atoms with Gasteiger partial charge in [0.25, 0.3) is 11.5 Å². The third kappa shape index (κ3) is 4.63. The van der Waals surface area contributed by atoms with E-state index >= 15 is 0 Å². The van der Waals surface area contributed by atoms with Gasteiger partial charge >= 0.3 is 0 Å². The van der Waals surface area contributed by atoms with Crippen molar-refractivity contribution in [2.24, 2.45) is 0 Å². The van der Waals surface area contributed by atoms with Crippen LogP contribution in [0.25, 0.3) is 5.57 Å². The van der Waals surface area contributed by atoms with E-state index in [1.807, 2.05) is 24.3 Å². The third-order valence-electron chi connectivity index (χ3n) is 5.84. The van der Waals surface area contributed by atoms with Gasteiger partial charge in [0, 0.05) is 30.6 Å². The molecule has 4 aromatic rings. The Kier molecular flexibility index (Phi) is 6.01. The van der Waals surface area contributed by atoms with E-state index in [0.29, 0.717) is 11.3 Å². The fourth-order valence-corrected chi connectivity index (χ4v) is 4.11. The number of fused-ring (bicyclic) bond motifs is 1. The Morgan fingerprint density at radius 3 is 2.74 bits per heavy atom. The molecule has 1 aliphatic carbocycles. The number of benzene rings is 1. The molecule has 1 aromatic carbocycles. The number of allylic oxidation sites excluding steroid dienone is 1. The van der Waals surface area contributed by atoms with Crippen LogP contribution in [-0.4, -0.2) is 20.4 Å². The smallest absolute Gasteiger partial charge is 0.263 e. The van der Waals surface area contributed by atoms with E-state index in [-0.39, 0.29) is 18.7 Å².